The summed E-state index contributed by atoms with van der Waals surface area (Å²) in [6.07, 6.45) is -0.345. The number of amides is 1. The second-order valence-electron chi connectivity index (χ2n) is 6.92. The van der Waals surface area contributed by atoms with Crippen molar-refractivity contribution in [2.24, 2.45) is 0 Å². The van der Waals surface area contributed by atoms with Crippen LogP contribution in [0.3, 0.4) is 0 Å². The molecule has 2 unspecified atom stereocenters. The highest BCUT2D eigenvalue weighted by Crippen LogP contribution is 2.32. The first-order valence-corrected chi connectivity index (χ1v) is 9.38. The van der Waals surface area contributed by atoms with E-state index >= 15 is 0 Å². The van der Waals surface area contributed by atoms with Crippen molar-refractivity contribution in [3.05, 3.63) is 36.4 Å². The molecule has 0 saturated carbocycles. The van der Waals surface area contributed by atoms with Crippen molar-refractivity contribution >= 4 is 22.9 Å². The fourth-order valence-corrected chi connectivity index (χ4v) is 3.54. The fourth-order valence-electron chi connectivity index (χ4n) is 3.54. The highest BCUT2D eigenvalue weighted by Gasteiger charge is 2.45. The van der Waals surface area contributed by atoms with Gasteiger partial charge in [-0.1, -0.05) is 0 Å². The first-order valence-electron chi connectivity index (χ1n) is 9.38. The quantitative estimate of drug-likeness (QED) is 0.399. The number of rotatable bonds is 6. The van der Waals surface area contributed by atoms with E-state index in [9.17, 15) is 15.0 Å². The van der Waals surface area contributed by atoms with Crippen LogP contribution in [-0.4, -0.2) is 74.7 Å². The van der Waals surface area contributed by atoms with Gasteiger partial charge >= 0.3 is 0 Å². The molecule has 1 saturated heterocycles. The summed E-state index contributed by atoms with van der Waals surface area (Å²) >= 11 is 0. The van der Waals surface area contributed by atoms with Crippen molar-refractivity contribution in [3.63, 3.8) is 0 Å². The summed E-state index contributed by atoms with van der Waals surface area (Å²) in [7, 11) is 2.95. The predicted octanol–water partition coefficient (Wildman–Crippen LogP) is -0.525. The Morgan fingerprint density at radius 2 is 1.94 bits per heavy atom. The van der Waals surface area contributed by atoms with Crippen molar-refractivity contribution in [1.29, 1.82) is 0 Å². The molecule has 1 aromatic carbocycles. The van der Waals surface area contributed by atoms with E-state index in [1.54, 1.807) is 6.07 Å². The third-order valence-electron chi connectivity index (χ3n) is 5.13. The number of anilines is 1. The van der Waals surface area contributed by atoms with Gasteiger partial charge in [-0.05, 0) is 12.1 Å². The zero-order valence-corrected chi connectivity index (χ0v) is 16.8. The highest BCUT2D eigenvalue weighted by atomic mass is 16.5. The summed E-state index contributed by atoms with van der Waals surface area (Å²) in [4.78, 5) is 25.1. The van der Waals surface area contributed by atoms with Crippen LogP contribution in [0.15, 0.2) is 30.9 Å². The largest absolute Gasteiger partial charge is 0.497 e. The minimum atomic E-state index is -1.21. The average molecular weight is 430 g/mol. The molecular weight excluding hydrogens is 408 g/mol. The van der Waals surface area contributed by atoms with Gasteiger partial charge in [0.05, 0.1) is 33.2 Å². The third-order valence-corrected chi connectivity index (χ3v) is 5.13. The van der Waals surface area contributed by atoms with E-state index in [2.05, 4.69) is 20.3 Å². The van der Waals surface area contributed by atoms with Crippen molar-refractivity contribution in [2.45, 2.75) is 24.5 Å². The van der Waals surface area contributed by atoms with E-state index in [1.165, 1.54) is 43.6 Å². The van der Waals surface area contributed by atoms with Crippen LogP contribution in [0, 0.1) is 0 Å². The van der Waals surface area contributed by atoms with Gasteiger partial charge in [0.25, 0.3) is 5.91 Å². The molecule has 1 aliphatic heterocycles. The molecule has 12 heteroatoms. The molecule has 1 fully saturated rings. The van der Waals surface area contributed by atoms with Gasteiger partial charge in [0.15, 0.2) is 17.7 Å². The number of nitrogen functional groups attached to an aromatic ring is 1. The number of methoxy groups -OCH3 is 2. The maximum atomic E-state index is 12.9. The molecular formula is C19H22N6O6. The van der Waals surface area contributed by atoms with Crippen molar-refractivity contribution in [3.8, 4) is 11.5 Å². The predicted molar refractivity (Wildman–Crippen MR) is 108 cm³/mol. The standard InChI is InChI=1S/C19H22N6O6/c1-29-10-3-9(4-11(5-10)30-2)18(28)24-13-12(6-26)31-19(15(13)27)25-8-23-14-16(20)21-7-22-17(14)25/h3-5,7-8,12-13,15,19,26-27H,6H2,1-2H3,(H,24,28)(H2,20,21,22)/t12-,13?,15?,19-/m1/s1. The molecule has 12 nitrogen and oxygen atoms in total. The molecule has 0 spiro atoms. The molecule has 0 radical (unpaired) electrons. The zero-order chi connectivity index (χ0) is 22.1. The monoisotopic (exact) mass is 430 g/mol. The van der Waals surface area contributed by atoms with Crippen LogP contribution >= 0.6 is 0 Å². The van der Waals surface area contributed by atoms with Crippen LogP contribution in [0.1, 0.15) is 16.6 Å². The molecule has 164 valence electrons. The van der Waals surface area contributed by atoms with Gasteiger partial charge in [0.2, 0.25) is 0 Å². The minimum Gasteiger partial charge on any atom is -0.497 e. The molecule has 31 heavy (non-hydrogen) atoms. The second-order valence-corrected chi connectivity index (χ2v) is 6.92. The number of benzene rings is 1. The maximum Gasteiger partial charge on any atom is 0.251 e. The Bertz CT molecular complexity index is 1080. The molecule has 3 heterocycles. The summed E-state index contributed by atoms with van der Waals surface area (Å²) < 4.78 is 17.7. The number of nitrogens with one attached hydrogen (secondary N) is 1. The molecule has 0 aliphatic carbocycles. The summed E-state index contributed by atoms with van der Waals surface area (Å²) in [5.74, 6) is 0.565. The molecule has 3 aromatic rings. The lowest BCUT2D eigenvalue weighted by Crippen LogP contribution is -2.48. The number of fused-ring (bicyclic) bond motifs is 1. The van der Waals surface area contributed by atoms with Gasteiger partial charge in [-0.25, -0.2) is 15.0 Å². The SMILES string of the molecule is COc1cc(OC)cc(C(=O)NC2C(O)[C@H](n3cnc4c(N)ncnc43)O[C@@H]2CO)c1. The number of ether oxygens (including phenoxy) is 3. The lowest BCUT2D eigenvalue weighted by molar-refractivity contribution is -0.0489. The summed E-state index contributed by atoms with van der Waals surface area (Å²) in [6, 6.07) is 3.80. The normalized spacial score (nSPS) is 23.1. The van der Waals surface area contributed by atoms with E-state index in [0.717, 1.165) is 0 Å². The number of aliphatic hydroxyl groups excluding tert-OH is 2. The third kappa shape index (κ3) is 3.71. The van der Waals surface area contributed by atoms with E-state index in [4.69, 9.17) is 19.9 Å². The Morgan fingerprint density at radius 3 is 2.58 bits per heavy atom. The number of nitrogens with two attached hydrogens (primary N) is 1. The lowest BCUT2D eigenvalue weighted by atomic mass is 10.1. The first kappa shape index (κ1) is 20.8. The summed E-state index contributed by atoms with van der Waals surface area (Å²) in [6.45, 7) is -0.427. The van der Waals surface area contributed by atoms with Crippen LogP contribution in [0.2, 0.25) is 0 Å². The fraction of sp³-hybridized carbons (Fsp3) is 0.368. The molecule has 1 amide bonds. The van der Waals surface area contributed by atoms with Gasteiger partial charge in [-0.2, -0.15) is 0 Å². The minimum absolute atomic E-state index is 0.187. The van der Waals surface area contributed by atoms with E-state index < -0.39 is 37.0 Å². The Morgan fingerprint density at radius 1 is 1.23 bits per heavy atom. The van der Waals surface area contributed by atoms with Crippen LogP contribution < -0.4 is 20.5 Å². The first-order chi connectivity index (χ1) is 15.0. The highest BCUT2D eigenvalue weighted by molar-refractivity contribution is 5.95. The molecule has 1 aliphatic rings. The Balaban J connectivity index is 1.60. The molecule has 4 atom stereocenters. The lowest BCUT2D eigenvalue weighted by Gasteiger charge is -2.21. The van der Waals surface area contributed by atoms with Crippen LogP contribution in [0.25, 0.3) is 11.2 Å². The maximum absolute atomic E-state index is 12.9. The van der Waals surface area contributed by atoms with Gasteiger partial charge in [-0.15, -0.1) is 0 Å². The molecule has 4 rings (SSSR count). The summed E-state index contributed by atoms with van der Waals surface area (Å²) in [5, 5.41) is 23.4. The number of nitrogens with zero attached hydrogens (tertiary/aromatic N) is 4. The van der Waals surface area contributed by atoms with Crippen molar-refractivity contribution in [2.75, 3.05) is 26.6 Å². The number of aromatic nitrogens is 4. The number of carbonyl (C=O) groups excluding carboxylic acids is 1. The average Bonchev–Trinajstić information content (AvgIpc) is 3.35. The van der Waals surface area contributed by atoms with E-state index in [1.807, 2.05) is 0 Å². The van der Waals surface area contributed by atoms with Crippen LogP contribution in [-0.2, 0) is 4.74 Å². The van der Waals surface area contributed by atoms with Crippen molar-refractivity contribution in [1.82, 2.24) is 24.8 Å². The molecule has 2 aromatic heterocycles. The van der Waals surface area contributed by atoms with Gasteiger partial charge < -0.3 is 35.5 Å². The smallest absolute Gasteiger partial charge is 0.251 e. The Labute approximate surface area is 176 Å². The zero-order valence-electron chi connectivity index (χ0n) is 16.8. The Kier molecular flexibility index (Phi) is 5.59. The Hall–Kier alpha value is -3.48. The van der Waals surface area contributed by atoms with E-state index in [-0.39, 0.29) is 11.4 Å². The number of aliphatic hydroxyl groups is 2. The summed E-state index contributed by atoms with van der Waals surface area (Å²) in [5.41, 5.74) is 6.79. The van der Waals surface area contributed by atoms with Crippen molar-refractivity contribution < 1.29 is 29.2 Å². The number of hydrogen-bond donors (Lipinski definition) is 4. The topological polar surface area (TPSA) is 167 Å². The number of carbonyl (C=O) groups is 1. The second kappa shape index (κ2) is 8.34. The molecule has 0 bridgehead atoms. The van der Waals surface area contributed by atoms with E-state index in [0.29, 0.717) is 22.7 Å². The van der Waals surface area contributed by atoms with Gasteiger partial charge in [-0.3, -0.25) is 9.36 Å². The molecule has 5 N–H and O–H groups in total. The van der Waals surface area contributed by atoms with Crippen LogP contribution in [0.5, 0.6) is 11.5 Å². The van der Waals surface area contributed by atoms with Gasteiger partial charge in [0.1, 0.15) is 35.6 Å². The van der Waals surface area contributed by atoms with Crippen LogP contribution in [0.4, 0.5) is 5.82 Å². The van der Waals surface area contributed by atoms with Gasteiger partial charge in [0, 0.05) is 11.6 Å². The number of imidazole rings is 1. The number of hydrogen-bond acceptors (Lipinski definition) is 10.